The number of nitrogens with one attached hydrogen (secondary N) is 2. The van der Waals surface area contributed by atoms with Gasteiger partial charge >= 0.3 is 12.4 Å². The van der Waals surface area contributed by atoms with E-state index >= 15 is 0 Å². The van der Waals surface area contributed by atoms with Gasteiger partial charge in [0.25, 0.3) is 15.9 Å². The Morgan fingerprint density at radius 2 is 1.61 bits per heavy atom. The van der Waals surface area contributed by atoms with Crippen LogP contribution >= 0.6 is 11.6 Å². The van der Waals surface area contributed by atoms with Crippen molar-refractivity contribution in [2.24, 2.45) is 0 Å². The van der Waals surface area contributed by atoms with Gasteiger partial charge in [0.2, 0.25) is 0 Å². The molecule has 1 aliphatic heterocycles. The average Bonchev–Trinajstić information content (AvgIpc) is 2.81. The molecule has 0 spiro atoms. The van der Waals surface area contributed by atoms with E-state index < -0.39 is 72.7 Å². The fourth-order valence-electron chi connectivity index (χ4n) is 4.25. The molecule has 0 aliphatic carbocycles. The van der Waals surface area contributed by atoms with Crippen LogP contribution in [0, 0.1) is 0 Å². The summed E-state index contributed by atoms with van der Waals surface area (Å²) in [5.74, 6) is -0.731. The average molecular weight is 579 g/mol. The number of alkyl halides is 6. The van der Waals surface area contributed by atoms with Crippen LogP contribution in [0.3, 0.4) is 0 Å². The number of ether oxygens (including phenoxy) is 1. The van der Waals surface area contributed by atoms with Gasteiger partial charge in [-0.05, 0) is 47.9 Å². The van der Waals surface area contributed by atoms with Gasteiger partial charge in [0.15, 0.2) is 0 Å². The molecule has 3 aromatic rings. The highest BCUT2D eigenvalue weighted by Crippen LogP contribution is 2.51. The first-order valence-electron chi connectivity index (χ1n) is 10.7. The lowest BCUT2D eigenvalue weighted by atomic mass is 9.89. The van der Waals surface area contributed by atoms with E-state index in [0.29, 0.717) is 6.07 Å². The van der Waals surface area contributed by atoms with E-state index in [1.165, 1.54) is 32.2 Å². The number of methoxy groups -OCH3 is 1. The Balaban J connectivity index is 1.86. The molecular weight excluding hydrogens is 562 g/mol. The van der Waals surface area contributed by atoms with Crippen LogP contribution in [0.5, 0.6) is 5.75 Å². The zero-order valence-electron chi connectivity index (χ0n) is 19.4. The second-order valence-corrected chi connectivity index (χ2v) is 10.4. The summed E-state index contributed by atoms with van der Waals surface area (Å²) in [4.78, 5) is 12.2. The maximum atomic E-state index is 14.4. The molecule has 0 bridgehead atoms. The molecule has 6 nitrogen and oxygen atoms in total. The largest absolute Gasteiger partial charge is 0.496 e. The summed E-state index contributed by atoms with van der Waals surface area (Å²) in [6, 6.07) is 7.26. The normalized spacial score (nSPS) is 15.1. The molecule has 202 valence electrons. The number of hydrogen-bond acceptors (Lipinski definition) is 4. The van der Waals surface area contributed by atoms with E-state index in [1.54, 1.807) is 4.72 Å². The van der Waals surface area contributed by atoms with Crippen molar-refractivity contribution in [1.29, 1.82) is 0 Å². The number of benzene rings is 3. The van der Waals surface area contributed by atoms with E-state index in [9.17, 15) is 39.6 Å². The Morgan fingerprint density at radius 1 is 0.974 bits per heavy atom. The quantitative estimate of drug-likeness (QED) is 0.332. The van der Waals surface area contributed by atoms with Crippen molar-refractivity contribution in [2.75, 3.05) is 11.8 Å². The van der Waals surface area contributed by atoms with Crippen molar-refractivity contribution in [2.45, 2.75) is 30.2 Å². The van der Waals surface area contributed by atoms with Gasteiger partial charge in [0.05, 0.1) is 35.5 Å². The molecule has 2 N–H and O–H groups in total. The molecule has 0 saturated carbocycles. The van der Waals surface area contributed by atoms with E-state index in [1.807, 2.05) is 0 Å². The third-order valence-corrected chi connectivity index (χ3v) is 7.49. The summed E-state index contributed by atoms with van der Waals surface area (Å²) in [6.45, 7) is 1.24. The molecule has 38 heavy (non-hydrogen) atoms. The van der Waals surface area contributed by atoms with Crippen molar-refractivity contribution >= 4 is 33.2 Å². The standard InChI is InChI=1S/C24H17ClF6N2O4S/c1-11(32-22(34)16-10-12(25)6-8-17(16)37-2)13-4-3-5-14(19(13)23(26,27)28)15-7-9-18-21(33-38(18,35)36)20(15)24(29,30)31/h3-11,33H,1-2H3,(H,32,34). The molecule has 4 rings (SSSR count). The van der Waals surface area contributed by atoms with E-state index in [2.05, 4.69) is 5.32 Å². The van der Waals surface area contributed by atoms with Crippen molar-refractivity contribution in [3.8, 4) is 16.9 Å². The van der Waals surface area contributed by atoms with Gasteiger partial charge in [-0.1, -0.05) is 35.9 Å². The Morgan fingerprint density at radius 3 is 2.18 bits per heavy atom. The fourth-order valence-corrected chi connectivity index (χ4v) is 5.53. The first kappa shape index (κ1) is 27.6. The Hall–Kier alpha value is -3.45. The van der Waals surface area contributed by atoms with Gasteiger partial charge in [-0.2, -0.15) is 26.3 Å². The van der Waals surface area contributed by atoms with Gasteiger partial charge < -0.3 is 10.1 Å². The second kappa shape index (κ2) is 9.38. The van der Waals surface area contributed by atoms with E-state index in [-0.39, 0.29) is 16.3 Å². The molecule has 1 unspecified atom stereocenters. The monoisotopic (exact) mass is 578 g/mol. The number of rotatable bonds is 5. The van der Waals surface area contributed by atoms with Crippen molar-refractivity contribution in [3.63, 3.8) is 0 Å². The molecule has 1 amide bonds. The SMILES string of the molecule is COc1ccc(Cl)cc1C(=O)NC(C)c1cccc(-c2ccc3c(c2C(F)(F)F)NS3(=O)=O)c1C(F)(F)F. The molecule has 0 aromatic heterocycles. The lowest BCUT2D eigenvalue weighted by Gasteiger charge is -2.29. The predicted molar refractivity (Wildman–Crippen MR) is 127 cm³/mol. The molecule has 0 saturated heterocycles. The summed E-state index contributed by atoms with van der Waals surface area (Å²) in [5.41, 5.74) is -6.08. The molecule has 0 fully saturated rings. The number of anilines is 1. The molecule has 1 atom stereocenters. The highest BCUT2D eigenvalue weighted by atomic mass is 35.5. The van der Waals surface area contributed by atoms with E-state index in [0.717, 1.165) is 24.3 Å². The summed E-state index contributed by atoms with van der Waals surface area (Å²) in [7, 11) is -2.89. The Labute approximate surface area is 217 Å². The molecular formula is C24H17ClF6N2O4S. The number of halogens is 7. The lowest BCUT2D eigenvalue weighted by molar-refractivity contribution is -0.139. The zero-order valence-corrected chi connectivity index (χ0v) is 21.0. The molecule has 0 radical (unpaired) electrons. The number of fused-ring (bicyclic) bond motifs is 1. The Bertz CT molecular complexity index is 1550. The van der Waals surface area contributed by atoms with Crippen molar-refractivity contribution in [3.05, 3.63) is 75.8 Å². The maximum Gasteiger partial charge on any atom is 0.419 e. The minimum Gasteiger partial charge on any atom is -0.496 e. The van der Waals surface area contributed by atoms with Crippen LogP contribution < -0.4 is 14.8 Å². The van der Waals surface area contributed by atoms with Crippen LogP contribution in [0.25, 0.3) is 11.1 Å². The number of amides is 1. The van der Waals surface area contributed by atoms with Crippen LogP contribution in [0.4, 0.5) is 32.0 Å². The van der Waals surface area contributed by atoms with Crippen LogP contribution in [-0.4, -0.2) is 21.4 Å². The number of hydrogen-bond donors (Lipinski definition) is 2. The first-order valence-corrected chi connectivity index (χ1v) is 12.5. The van der Waals surface area contributed by atoms with Gasteiger partial charge in [0, 0.05) is 5.02 Å². The fraction of sp³-hybridized carbons (Fsp3) is 0.208. The van der Waals surface area contributed by atoms with E-state index in [4.69, 9.17) is 16.3 Å². The maximum absolute atomic E-state index is 14.4. The first-order chi connectivity index (χ1) is 17.6. The number of carbonyl (C=O) groups excluding carboxylic acids is 1. The highest BCUT2D eigenvalue weighted by molar-refractivity contribution is 7.94. The van der Waals surface area contributed by atoms with Gasteiger partial charge in [-0.25, -0.2) is 8.42 Å². The van der Waals surface area contributed by atoms with Gasteiger partial charge in [0.1, 0.15) is 10.6 Å². The highest BCUT2D eigenvalue weighted by Gasteiger charge is 2.46. The number of sulfonamides is 1. The third-order valence-electron chi connectivity index (χ3n) is 5.87. The van der Waals surface area contributed by atoms with Crippen molar-refractivity contribution < 1.29 is 44.3 Å². The number of carbonyl (C=O) groups is 1. The molecule has 1 heterocycles. The summed E-state index contributed by atoms with van der Waals surface area (Å²) in [5, 5.41) is 2.57. The smallest absolute Gasteiger partial charge is 0.419 e. The van der Waals surface area contributed by atoms with Crippen LogP contribution in [0.15, 0.2) is 53.4 Å². The predicted octanol–water partition coefficient (Wildman–Crippen LogP) is 6.66. The zero-order chi connectivity index (χ0) is 28.2. The Kier molecular flexibility index (Phi) is 6.81. The van der Waals surface area contributed by atoms with Gasteiger partial charge in [-0.3, -0.25) is 9.52 Å². The molecule has 14 heteroatoms. The second-order valence-electron chi connectivity index (χ2n) is 8.27. The summed E-state index contributed by atoms with van der Waals surface area (Å²) >= 11 is 5.92. The van der Waals surface area contributed by atoms with Crippen LogP contribution in [-0.2, 0) is 22.4 Å². The topological polar surface area (TPSA) is 84.5 Å². The van der Waals surface area contributed by atoms with Crippen LogP contribution in [0.1, 0.15) is 40.0 Å². The van der Waals surface area contributed by atoms with Crippen LogP contribution in [0.2, 0.25) is 5.02 Å². The molecule has 1 aliphatic rings. The summed E-state index contributed by atoms with van der Waals surface area (Å²) in [6.07, 6.45) is -10.3. The van der Waals surface area contributed by atoms with Crippen molar-refractivity contribution in [1.82, 2.24) is 5.32 Å². The lowest BCUT2D eigenvalue weighted by Crippen LogP contribution is -2.30. The minimum absolute atomic E-state index is 0.0643. The van der Waals surface area contributed by atoms with Gasteiger partial charge in [-0.15, -0.1) is 0 Å². The third kappa shape index (κ3) is 4.87. The molecule has 3 aromatic carbocycles. The summed E-state index contributed by atoms with van der Waals surface area (Å²) < 4.78 is 116. The minimum atomic E-state index is -5.19.